The zero-order valence-corrected chi connectivity index (χ0v) is 30.2. The first-order valence-electron chi connectivity index (χ1n) is 18.6. The van der Waals surface area contributed by atoms with Crippen LogP contribution in [0.4, 0.5) is 5.69 Å². The van der Waals surface area contributed by atoms with Gasteiger partial charge in [-0.25, -0.2) is 4.98 Å². The highest BCUT2D eigenvalue weighted by Crippen LogP contribution is 2.49. The molecular formula is C44H49N3O2. The molecule has 2 heterocycles. The molecule has 1 aliphatic heterocycles. The van der Waals surface area contributed by atoms with E-state index >= 15 is 0 Å². The number of rotatable bonds is 7. The highest BCUT2D eigenvalue weighted by atomic mass is 16.5. The summed E-state index contributed by atoms with van der Waals surface area (Å²) in [5, 5.41) is 11.8. The fourth-order valence-corrected chi connectivity index (χ4v) is 7.20. The number of aromatic hydroxyl groups is 1. The van der Waals surface area contributed by atoms with Crippen LogP contribution in [0.25, 0.3) is 10.9 Å². The standard InChI is InChI=1S/C44H49N3O2/c1-25(2)30-19-31(22-33(21-30)49-39-18-17-29-20-32(44(7,8)9)24-38(48)40(29)46-39)43-45-37-23-28-13-10-11-14-36(28)42(37)47(43)41-34(26(3)4)15-12-16-35(41)27(5)6/h10-22,24-27,37,42,48H,23H2,1-9H3/t37-,42-/m0/s1/i23D2. The second-order valence-electron chi connectivity index (χ2n) is 15.6. The number of benzene rings is 4. The van der Waals surface area contributed by atoms with Crippen LogP contribution in [-0.4, -0.2) is 22.0 Å². The lowest BCUT2D eigenvalue weighted by Crippen LogP contribution is -2.34. The number of phenols is 1. The SMILES string of the molecule is [2H]C1([2H])c2ccccc2[C@H]2[C@H]1N=C(c1cc(Oc3ccc4cc(C(C)(C)C)cc(O)c4n3)cc(C(C)C)c1)N2c1c(C(C)C)cccc1C(C)C. The summed E-state index contributed by atoms with van der Waals surface area (Å²) < 4.78 is 25.3. The maximum Gasteiger partial charge on any atom is 0.219 e. The molecule has 2 atom stereocenters. The molecule has 1 aliphatic carbocycles. The van der Waals surface area contributed by atoms with Gasteiger partial charge in [0.2, 0.25) is 5.88 Å². The van der Waals surface area contributed by atoms with Gasteiger partial charge in [0.05, 0.1) is 17.8 Å². The van der Waals surface area contributed by atoms with Crippen molar-refractivity contribution in [2.45, 2.75) is 104 Å². The molecule has 5 aromatic rings. The maximum atomic E-state index is 11.0. The van der Waals surface area contributed by atoms with Crippen molar-refractivity contribution in [1.29, 1.82) is 0 Å². The maximum absolute atomic E-state index is 11.0. The number of hydrogen-bond donors (Lipinski definition) is 1. The predicted molar refractivity (Wildman–Crippen MR) is 203 cm³/mol. The Labute approximate surface area is 294 Å². The van der Waals surface area contributed by atoms with Gasteiger partial charge in [0, 0.05) is 19.8 Å². The Hall–Kier alpha value is -4.64. The van der Waals surface area contributed by atoms with Gasteiger partial charge in [-0.15, -0.1) is 0 Å². The van der Waals surface area contributed by atoms with Crippen molar-refractivity contribution < 1.29 is 12.6 Å². The van der Waals surface area contributed by atoms with E-state index < -0.39 is 12.4 Å². The minimum absolute atomic E-state index is 0.114. The van der Waals surface area contributed by atoms with Crippen LogP contribution in [0.1, 0.15) is 128 Å². The second kappa shape index (κ2) is 12.4. The minimum atomic E-state index is -1.65. The van der Waals surface area contributed by atoms with E-state index in [2.05, 4.69) is 104 Å². The van der Waals surface area contributed by atoms with Gasteiger partial charge in [-0.05, 0) is 99.3 Å². The van der Waals surface area contributed by atoms with Gasteiger partial charge in [0.1, 0.15) is 22.9 Å². The average Bonchev–Trinajstić information content (AvgIpc) is 3.57. The normalized spacial score (nSPS) is 18.9. The first-order chi connectivity index (χ1) is 24.1. The van der Waals surface area contributed by atoms with Crippen LogP contribution in [0.5, 0.6) is 17.4 Å². The Morgan fingerprint density at radius 3 is 2.22 bits per heavy atom. The number of anilines is 1. The van der Waals surface area contributed by atoms with Gasteiger partial charge >= 0.3 is 0 Å². The monoisotopic (exact) mass is 653 g/mol. The molecular weight excluding hydrogens is 603 g/mol. The number of fused-ring (bicyclic) bond motifs is 4. The van der Waals surface area contributed by atoms with E-state index in [0.717, 1.165) is 39.2 Å². The minimum Gasteiger partial charge on any atom is -0.506 e. The molecule has 0 unspecified atom stereocenters. The number of ether oxygens (including phenoxy) is 1. The van der Waals surface area contributed by atoms with Crippen molar-refractivity contribution >= 4 is 22.4 Å². The first kappa shape index (κ1) is 30.4. The Morgan fingerprint density at radius 2 is 1.55 bits per heavy atom. The molecule has 49 heavy (non-hydrogen) atoms. The number of nitrogens with zero attached hydrogens (tertiary/aromatic N) is 3. The first-order valence-corrected chi connectivity index (χ1v) is 17.6. The Bertz CT molecular complexity index is 2150. The van der Waals surface area contributed by atoms with Crippen LogP contribution in [0.15, 0.2) is 89.9 Å². The molecule has 0 saturated heterocycles. The number of hydrogen-bond acceptors (Lipinski definition) is 5. The van der Waals surface area contributed by atoms with E-state index in [9.17, 15) is 7.85 Å². The van der Waals surface area contributed by atoms with Crippen LogP contribution >= 0.6 is 0 Å². The molecule has 1 N–H and O–H groups in total. The van der Waals surface area contributed by atoms with E-state index in [1.807, 2.05) is 42.5 Å². The number of aromatic nitrogens is 1. The number of aliphatic imine (C=N–C) groups is 1. The van der Waals surface area contributed by atoms with E-state index in [1.54, 1.807) is 6.07 Å². The molecule has 7 rings (SSSR count). The third kappa shape index (κ3) is 5.98. The molecule has 0 bridgehead atoms. The lowest BCUT2D eigenvalue weighted by atomic mass is 9.86. The fourth-order valence-electron chi connectivity index (χ4n) is 7.20. The quantitative estimate of drug-likeness (QED) is 0.190. The lowest BCUT2D eigenvalue weighted by molar-refractivity contribution is 0.458. The Morgan fingerprint density at radius 1 is 0.837 bits per heavy atom. The molecule has 5 nitrogen and oxygen atoms in total. The number of amidine groups is 1. The zero-order chi connectivity index (χ0) is 36.6. The van der Waals surface area contributed by atoms with Crippen LogP contribution in [0, 0.1) is 0 Å². The Balaban J connectivity index is 1.39. The zero-order valence-electron chi connectivity index (χ0n) is 32.2. The number of phenolic OH excluding ortho intramolecular Hbond substituents is 1. The van der Waals surface area contributed by atoms with Gasteiger partial charge in [0.15, 0.2) is 0 Å². The smallest absolute Gasteiger partial charge is 0.219 e. The molecule has 1 aromatic heterocycles. The van der Waals surface area contributed by atoms with Gasteiger partial charge in [-0.1, -0.05) is 105 Å². The second-order valence-corrected chi connectivity index (χ2v) is 15.6. The van der Waals surface area contributed by atoms with Gasteiger partial charge in [-0.2, -0.15) is 0 Å². The third-order valence-corrected chi connectivity index (χ3v) is 9.92. The predicted octanol–water partition coefficient (Wildman–Crippen LogP) is 11.3. The van der Waals surface area contributed by atoms with Crippen LogP contribution in [0.2, 0.25) is 0 Å². The molecule has 252 valence electrons. The summed E-state index contributed by atoms with van der Waals surface area (Å²) in [5.74, 6) is 2.52. The van der Waals surface area contributed by atoms with E-state index in [0.29, 0.717) is 22.7 Å². The molecule has 5 heteroatoms. The van der Waals surface area contributed by atoms with Crippen LogP contribution in [-0.2, 0) is 11.8 Å². The van der Waals surface area contributed by atoms with Crippen molar-refractivity contribution in [3.63, 3.8) is 0 Å². The molecule has 0 fully saturated rings. The van der Waals surface area contributed by atoms with Gasteiger partial charge in [-0.3, -0.25) is 4.99 Å². The topological polar surface area (TPSA) is 58.0 Å². The largest absolute Gasteiger partial charge is 0.506 e. The highest BCUT2D eigenvalue weighted by Gasteiger charge is 2.45. The molecule has 2 aliphatic rings. The molecule has 0 saturated carbocycles. The van der Waals surface area contributed by atoms with E-state index in [4.69, 9.17) is 14.7 Å². The van der Waals surface area contributed by atoms with Crippen molar-refractivity contribution in [2.24, 2.45) is 4.99 Å². The summed E-state index contributed by atoms with van der Waals surface area (Å²) in [7, 11) is 0. The summed E-state index contributed by atoms with van der Waals surface area (Å²) in [5.41, 5.74) is 8.58. The van der Waals surface area contributed by atoms with Crippen molar-refractivity contribution in [2.75, 3.05) is 4.90 Å². The molecule has 0 spiro atoms. The van der Waals surface area contributed by atoms with Crippen molar-refractivity contribution in [3.05, 3.63) is 124 Å². The number of para-hydroxylation sites is 1. The fraction of sp³-hybridized carbons (Fsp3) is 0.364. The van der Waals surface area contributed by atoms with E-state index in [-0.39, 0.29) is 35.0 Å². The van der Waals surface area contributed by atoms with Crippen LogP contribution < -0.4 is 9.64 Å². The highest BCUT2D eigenvalue weighted by molar-refractivity contribution is 6.13. The van der Waals surface area contributed by atoms with Crippen molar-refractivity contribution in [3.8, 4) is 17.4 Å². The number of pyridine rings is 1. The van der Waals surface area contributed by atoms with Crippen molar-refractivity contribution in [1.82, 2.24) is 4.98 Å². The summed E-state index contributed by atoms with van der Waals surface area (Å²) >= 11 is 0. The third-order valence-electron chi connectivity index (χ3n) is 9.92. The summed E-state index contributed by atoms with van der Waals surface area (Å²) in [6, 6.07) is 27.4. The van der Waals surface area contributed by atoms with Gasteiger partial charge < -0.3 is 14.7 Å². The lowest BCUT2D eigenvalue weighted by Gasteiger charge is -2.34. The molecule has 0 amide bonds. The summed E-state index contributed by atoms with van der Waals surface area (Å²) in [6.07, 6.45) is -1.65. The molecule has 4 aromatic carbocycles. The molecule has 0 radical (unpaired) electrons. The van der Waals surface area contributed by atoms with Crippen LogP contribution in [0.3, 0.4) is 0 Å². The Kier molecular flexibility index (Phi) is 7.67. The average molecular weight is 654 g/mol. The van der Waals surface area contributed by atoms with E-state index in [1.165, 1.54) is 11.1 Å². The van der Waals surface area contributed by atoms with Gasteiger partial charge in [0.25, 0.3) is 0 Å². The summed E-state index contributed by atoms with van der Waals surface area (Å²) in [6.45, 7) is 19.6. The summed E-state index contributed by atoms with van der Waals surface area (Å²) in [4.78, 5) is 12.4.